The Hall–Kier alpha value is -2.77. The molecule has 2 N–H and O–H groups in total. The molecule has 0 aliphatic carbocycles. The highest BCUT2D eigenvalue weighted by Gasteiger charge is 2.20. The monoisotopic (exact) mass is 264 g/mol. The first-order valence-electron chi connectivity index (χ1n) is 5.14. The third-order valence-corrected chi connectivity index (χ3v) is 2.28. The molecule has 0 aliphatic heterocycles. The summed E-state index contributed by atoms with van der Waals surface area (Å²) in [6, 6.07) is 4.80. The summed E-state index contributed by atoms with van der Waals surface area (Å²) in [6.45, 7) is 0. The fraction of sp³-hybridized carbons (Fsp3) is 0.0909. The first-order valence-corrected chi connectivity index (χ1v) is 5.14. The lowest BCUT2D eigenvalue weighted by atomic mass is 10.2. The molecule has 98 valence electrons. The maximum Gasteiger partial charge on any atom is 0.378 e. The predicted molar refractivity (Wildman–Crippen MR) is 61.9 cm³/mol. The highest BCUT2D eigenvalue weighted by Crippen LogP contribution is 2.08. The highest BCUT2D eigenvalue weighted by atomic mass is 19.1. The number of nitrogen functional groups attached to an aromatic ring is 1. The molecule has 2 aromatic rings. The quantitative estimate of drug-likeness (QED) is 0.791. The van der Waals surface area contributed by atoms with Crippen LogP contribution in [-0.2, 0) is 4.74 Å². The van der Waals surface area contributed by atoms with Gasteiger partial charge in [-0.05, 0) is 24.3 Å². The Kier molecular flexibility index (Phi) is 3.23. The van der Waals surface area contributed by atoms with Gasteiger partial charge in [0.15, 0.2) is 0 Å². The Labute approximate surface area is 106 Å². The third kappa shape index (κ3) is 2.41. The van der Waals surface area contributed by atoms with Crippen molar-refractivity contribution >= 4 is 17.8 Å². The van der Waals surface area contributed by atoms with E-state index in [0.717, 1.165) is 23.9 Å². The number of methoxy groups -OCH3 is 1. The van der Waals surface area contributed by atoms with Crippen LogP contribution in [0.2, 0.25) is 0 Å². The van der Waals surface area contributed by atoms with Crippen LogP contribution in [0.4, 0.5) is 10.3 Å². The van der Waals surface area contributed by atoms with E-state index in [2.05, 4.69) is 14.8 Å². The molecule has 2 rings (SSSR count). The Morgan fingerprint density at radius 2 is 1.95 bits per heavy atom. The third-order valence-electron chi connectivity index (χ3n) is 2.28. The molecule has 7 nitrogen and oxygen atoms in total. The molecule has 1 heterocycles. The van der Waals surface area contributed by atoms with Crippen molar-refractivity contribution in [3.8, 4) is 0 Å². The number of nitrogens with two attached hydrogens (primary N) is 1. The van der Waals surface area contributed by atoms with Gasteiger partial charge in [0.2, 0.25) is 5.95 Å². The van der Waals surface area contributed by atoms with E-state index in [1.54, 1.807) is 0 Å². The number of hydrogen-bond acceptors (Lipinski definition) is 6. The minimum atomic E-state index is -0.808. The summed E-state index contributed by atoms with van der Waals surface area (Å²) in [5.74, 6) is -2.49. The zero-order valence-corrected chi connectivity index (χ0v) is 9.83. The molecule has 0 unspecified atom stereocenters. The Bertz CT molecular complexity index is 636. The van der Waals surface area contributed by atoms with Gasteiger partial charge < -0.3 is 10.5 Å². The summed E-state index contributed by atoms with van der Waals surface area (Å²) in [5, 5.41) is 3.64. The summed E-state index contributed by atoms with van der Waals surface area (Å²) in [6.07, 6.45) is 0. The summed E-state index contributed by atoms with van der Waals surface area (Å²) < 4.78 is 17.9. The number of halogens is 1. The Morgan fingerprint density at radius 1 is 1.32 bits per heavy atom. The molecule has 8 heteroatoms. The topological polar surface area (TPSA) is 100 Å². The number of nitrogens with zero attached hydrogens (tertiary/aromatic N) is 3. The van der Waals surface area contributed by atoms with E-state index in [-0.39, 0.29) is 17.3 Å². The summed E-state index contributed by atoms with van der Waals surface area (Å²) in [4.78, 5) is 26.8. The predicted octanol–water partition coefficient (Wildman–Crippen LogP) is 0.474. The molecule has 0 spiro atoms. The van der Waals surface area contributed by atoms with Gasteiger partial charge in [0.25, 0.3) is 11.7 Å². The van der Waals surface area contributed by atoms with E-state index in [4.69, 9.17) is 5.73 Å². The number of hydrogen-bond donors (Lipinski definition) is 1. The van der Waals surface area contributed by atoms with Crippen LogP contribution in [0.5, 0.6) is 0 Å². The molecular formula is C11H9FN4O3. The average molecular weight is 264 g/mol. The number of benzene rings is 1. The van der Waals surface area contributed by atoms with Crippen LogP contribution in [0.25, 0.3) is 0 Å². The highest BCUT2D eigenvalue weighted by molar-refractivity contribution is 5.97. The van der Waals surface area contributed by atoms with Crippen molar-refractivity contribution in [3.63, 3.8) is 0 Å². The first kappa shape index (κ1) is 12.7. The van der Waals surface area contributed by atoms with Gasteiger partial charge in [-0.1, -0.05) is 0 Å². The molecule has 0 radical (unpaired) electrons. The lowest BCUT2D eigenvalue weighted by Gasteiger charge is -2.00. The number of esters is 1. The van der Waals surface area contributed by atoms with Gasteiger partial charge in [-0.3, -0.25) is 4.79 Å². The van der Waals surface area contributed by atoms with Gasteiger partial charge >= 0.3 is 5.97 Å². The van der Waals surface area contributed by atoms with Crippen molar-refractivity contribution in [2.75, 3.05) is 12.8 Å². The van der Waals surface area contributed by atoms with Crippen LogP contribution in [0.3, 0.4) is 0 Å². The van der Waals surface area contributed by atoms with Crippen molar-refractivity contribution < 1.29 is 18.7 Å². The maximum absolute atomic E-state index is 12.8. The molecule has 0 amide bonds. The average Bonchev–Trinajstić information content (AvgIpc) is 2.80. The van der Waals surface area contributed by atoms with Gasteiger partial charge in [0.05, 0.1) is 7.11 Å². The SMILES string of the molecule is COC(=O)c1nc(N)n(C(=O)c2ccc(F)cc2)n1. The van der Waals surface area contributed by atoms with E-state index < -0.39 is 17.7 Å². The number of rotatable bonds is 2. The number of carbonyl (C=O) groups excluding carboxylic acids is 2. The van der Waals surface area contributed by atoms with Gasteiger partial charge in [-0.25, -0.2) is 9.18 Å². The van der Waals surface area contributed by atoms with Crippen molar-refractivity contribution in [3.05, 3.63) is 41.5 Å². The smallest absolute Gasteiger partial charge is 0.378 e. The normalized spacial score (nSPS) is 10.2. The maximum atomic E-state index is 12.8. The molecule has 0 aliphatic rings. The van der Waals surface area contributed by atoms with Crippen LogP contribution in [0.1, 0.15) is 21.0 Å². The minimum Gasteiger partial charge on any atom is -0.463 e. The van der Waals surface area contributed by atoms with E-state index in [0.29, 0.717) is 0 Å². The molecular weight excluding hydrogens is 255 g/mol. The zero-order chi connectivity index (χ0) is 14.0. The summed E-state index contributed by atoms with van der Waals surface area (Å²) >= 11 is 0. The van der Waals surface area contributed by atoms with Gasteiger partial charge in [0, 0.05) is 5.56 Å². The first-order chi connectivity index (χ1) is 9.02. The van der Waals surface area contributed by atoms with Crippen LogP contribution < -0.4 is 5.73 Å². The fourth-order valence-electron chi connectivity index (χ4n) is 1.37. The molecule has 0 fully saturated rings. The van der Waals surface area contributed by atoms with E-state index in [1.165, 1.54) is 12.1 Å². The molecule has 1 aromatic heterocycles. The van der Waals surface area contributed by atoms with Crippen LogP contribution in [-0.4, -0.2) is 33.8 Å². The van der Waals surface area contributed by atoms with Gasteiger partial charge in [0.1, 0.15) is 5.82 Å². The van der Waals surface area contributed by atoms with Crippen molar-refractivity contribution in [1.29, 1.82) is 0 Å². The lowest BCUT2D eigenvalue weighted by Crippen LogP contribution is -2.17. The van der Waals surface area contributed by atoms with E-state index in [9.17, 15) is 14.0 Å². The molecule has 0 saturated carbocycles. The van der Waals surface area contributed by atoms with Crippen LogP contribution in [0, 0.1) is 5.82 Å². The number of anilines is 1. The van der Waals surface area contributed by atoms with Crippen molar-refractivity contribution in [2.45, 2.75) is 0 Å². The summed E-state index contributed by atoms with van der Waals surface area (Å²) in [5.41, 5.74) is 5.65. The zero-order valence-electron chi connectivity index (χ0n) is 9.83. The molecule has 1 aromatic carbocycles. The molecule has 0 saturated heterocycles. The molecule has 19 heavy (non-hydrogen) atoms. The number of carbonyl (C=O) groups is 2. The van der Waals surface area contributed by atoms with Crippen molar-refractivity contribution in [2.24, 2.45) is 0 Å². The fourth-order valence-corrected chi connectivity index (χ4v) is 1.37. The standard InChI is InChI=1S/C11H9FN4O3/c1-19-10(18)8-14-11(13)16(15-8)9(17)6-2-4-7(12)5-3-6/h2-5H,1H3,(H2,13,14,15). The summed E-state index contributed by atoms with van der Waals surface area (Å²) in [7, 11) is 1.15. The second-order valence-corrected chi connectivity index (χ2v) is 3.51. The van der Waals surface area contributed by atoms with E-state index >= 15 is 0 Å². The lowest BCUT2D eigenvalue weighted by molar-refractivity contribution is 0.0587. The van der Waals surface area contributed by atoms with Gasteiger partial charge in [-0.15, -0.1) is 5.10 Å². The Balaban J connectivity index is 2.36. The Morgan fingerprint density at radius 3 is 2.53 bits per heavy atom. The van der Waals surface area contributed by atoms with Gasteiger partial charge in [-0.2, -0.15) is 9.67 Å². The number of aromatic nitrogens is 3. The molecule has 0 bridgehead atoms. The molecule has 0 atom stereocenters. The number of ether oxygens (including phenoxy) is 1. The van der Waals surface area contributed by atoms with E-state index in [1.807, 2.05) is 0 Å². The van der Waals surface area contributed by atoms with Crippen LogP contribution >= 0.6 is 0 Å². The second kappa shape index (κ2) is 4.84. The second-order valence-electron chi connectivity index (χ2n) is 3.51. The minimum absolute atomic E-state index is 0.161. The largest absolute Gasteiger partial charge is 0.463 e. The van der Waals surface area contributed by atoms with Crippen molar-refractivity contribution in [1.82, 2.24) is 14.8 Å². The van der Waals surface area contributed by atoms with Crippen LogP contribution in [0.15, 0.2) is 24.3 Å².